The molecule has 1 fully saturated rings. The van der Waals surface area contributed by atoms with Crippen molar-refractivity contribution in [2.24, 2.45) is 5.92 Å². The molecule has 1 saturated heterocycles. The lowest BCUT2D eigenvalue weighted by Gasteiger charge is -2.32. The Morgan fingerprint density at radius 1 is 1.07 bits per heavy atom. The summed E-state index contributed by atoms with van der Waals surface area (Å²) in [7, 11) is 0. The Balaban J connectivity index is 1.28. The summed E-state index contributed by atoms with van der Waals surface area (Å²) < 4.78 is 1.57. The molecule has 150 valence electrons. The smallest absolute Gasteiger partial charge is 0.233 e. The molecular weight excluding hydrogens is 386 g/mol. The number of carbonyl (C=O) groups is 1. The monoisotopic (exact) mass is 409 g/mol. The number of likely N-dealkylation sites (tertiary alicyclic amines) is 1. The molecule has 4 rings (SSSR count). The Hall–Kier alpha value is -2.87. The minimum absolute atomic E-state index is 0.119. The van der Waals surface area contributed by atoms with Crippen molar-refractivity contribution in [3.05, 3.63) is 60.2 Å². The van der Waals surface area contributed by atoms with Gasteiger partial charge in [0.05, 0.1) is 11.4 Å². The number of nitrogens with zero attached hydrogens (tertiary/aromatic N) is 5. The molecule has 1 N–H and O–H groups in total. The number of piperidine rings is 1. The molecule has 2 aromatic carbocycles. The summed E-state index contributed by atoms with van der Waals surface area (Å²) in [6.07, 6.45) is 3.16. The quantitative estimate of drug-likeness (QED) is 0.630. The summed E-state index contributed by atoms with van der Waals surface area (Å²) in [4.78, 5) is 14.6. The highest BCUT2D eigenvalue weighted by molar-refractivity contribution is 7.99. The van der Waals surface area contributed by atoms with E-state index in [-0.39, 0.29) is 11.7 Å². The van der Waals surface area contributed by atoms with Crippen molar-refractivity contribution >= 4 is 17.7 Å². The van der Waals surface area contributed by atoms with Gasteiger partial charge >= 0.3 is 0 Å². The molecule has 0 unspecified atom stereocenters. The molecule has 0 radical (unpaired) electrons. The maximum Gasteiger partial charge on any atom is 0.233 e. The van der Waals surface area contributed by atoms with E-state index in [2.05, 4.69) is 39.8 Å². The van der Waals surface area contributed by atoms with Gasteiger partial charge in [0.15, 0.2) is 0 Å². The number of rotatable bonds is 6. The van der Waals surface area contributed by atoms with Crippen LogP contribution in [-0.2, 0) is 11.2 Å². The van der Waals surface area contributed by atoms with Crippen molar-refractivity contribution in [1.82, 2.24) is 25.1 Å². The first-order valence-electron chi connectivity index (χ1n) is 9.71. The lowest BCUT2D eigenvalue weighted by Crippen LogP contribution is -2.39. The van der Waals surface area contributed by atoms with Gasteiger partial charge in [-0.2, -0.15) is 4.68 Å². The summed E-state index contributed by atoms with van der Waals surface area (Å²) in [6.45, 7) is 1.61. The van der Waals surface area contributed by atoms with Crippen LogP contribution < -0.4 is 0 Å². The van der Waals surface area contributed by atoms with E-state index in [1.807, 2.05) is 11.0 Å². The van der Waals surface area contributed by atoms with Gasteiger partial charge < -0.3 is 10.0 Å². The molecule has 0 saturated carbocycles. The standard InChI is InChI=1S/C21H23N5O2S/c27-19-8-6-18(7-9-19)26-21(22-23-24-26)29-15-20(28)25-12-10-17(11-13-25)14-16-4-2-1-3-5-16/h1-9,17,27H,10-15H2. The number of aromatic nitrogens is 4. The molecule has 1 amide bonds. The summed E-state index contributed by atoms with van der Waals surface area (Å²) in [5.74, 6) is 1.24. The van der Waals surface area contributed by atoms with E-state index in [0.717, 1.165) is 38.0 Å². The van der Waals surface area contributed by atoms with Crippen molar-refractivity contribution in [2.45, 2.75) is 24.4 Å². The Bertz CT molecular complexity index is 937. The Morgan fingerprint density at radius 2 is 1.79 bits per heavy atom. The Morgan fingerprint density at radius 3 is 2.52 bits per heavy atom. The average Bonchev–Trinajstić information content (AvgIpc) is 3.22. The third-order valence-corrected chi connectivity index (χ3v) is 6.10. The molecule has 29 heavy (non-hydrogen) atoms. The summed E-state index contributed by atoms with van der Waals surface area (Å²) >= 11 is 1.33. The molecule has 0 aliphatic carbocycles. The number of phenolic OH excluding ortho intramolecular Hbond substituents is 1. The number of carbonyl (C=O) groups excluding carboxylic acids is 1. The van der Waals surface area contributed by atoms with Gasteiger partial charge in [-0.25, -0.2) is 0 Å². The van der Waals surface area contributed by atoms with Crippen molar-refractivity contribution in [1.29, 1.82) is 0 Å². The number of aromatic hydroxyl groups is 1. The van der Waals surface area contributed by atoms with Gasteiger partial charge in [-0.15, -0.1) is 5.10 Å². The second kappa shape index (κ2) is 9.09. The highest BCUT2D eigenvalue weighted by Gasteiger charge is 2.23. The topological polar surface area (TPSA) is 84.1 Å². The number of thioether (sulfide) groups is 1. The van der Waals surface area contributed by atoms with E-state index in [4.69, 9.17) is 0 Å². The van der Waals surface area contributed by atoms with Gasteiger partial charge in [-0.3, -0.25) is 4.79 Å². The minimum atomic E-state index is 0.119. The zero-order valence-electron chi connectivity index (χ0n) is 16.0. The second-order valence-electron chi connectivity index (χ2n) is 7.19. The highest BCUT2D eigenvalue weighted by atomic mass is 32.2. The number of benzene rings is 2. The van der Waals surface area contributed by atoms with Crippen LogP contribution in [0.2, 0.25) is 0 Å². The third kappa shape index (κ3) is 4.95. The van der Waals surface area contributed by atoms with E-state index in [0.29, 0.717) is 16.8 Å². The number of phenols is 1. The molecule has 3 aromatic rings. The van der Waals surface area contributed by atoms with Gasteiger partial charge in [-0.05, 0) is 65.4 Å². The van der Waals surface area contributed by atoms with Crippen LogP contribution in [-0.4, -0.2) is 55.0 Å². The molecule has 8 heteroatoms. The zero-order valence-corrected chi connectivity index (χ0v) is 16.8. The van der Waals surface area contributed by atoms with Gasteiger partial charge in [0.2, 0.25) is 11.1 Å². The number of tetrazole rings is 1. The molecule has 1 aliphatic rings. The molecule has 7 nitrogen and oxygen atoms in total. The molecular formula is C21H23N5O2S. The van der Waals surface area contributed by atoms with Crippen molar-refractivity contribution in [3.63, 3.8) is 0 Å². The van der Waals surface area contributed by atoms with E-state index < -0.39 is 0 Å². The zero-order chi connectivity index (χ0) is 20.1. The molecule has 0 atom stereocenters. The van der Waals surface area contributed by atoms with E-state index in [1.54, 1.807) is 28.9 Å². The number of hydrogen-bond acceptors (Lipinski definition) is 6. The lowest BCUT2D eigenvalue weighted by atomic mass is 9.90. The fourth-order valence-electron chi connectivity index (χ4n) is 3.58. The molecule has 1 aliphatic heterocycles. The van der Waals surface area contributed by atoms with Crippen LogP contribution in [0.4, 0.5) is 0 Å². The van der Waals surface area contributed by atoms with Crippen LogP contribution in [0.15, 0.2) is 59.8 Å². The largest absolute Gasteiger partial charge is 0.508 e. The van der Waals surface area contributed by atoms with Crippen LogP contribution in [0.5, 0.6) is 5.75 Å². The maximum atomic E-state index is 12.6. The van der Waals surface area contributed by atoms with E-state index >= 15 is 0 Å². The SMILES string of the molecule is O=C(CSc1nnnn1-c1ccc(O)cc1)N1CCC(Cc2ccccc2)CC1. The molecule has 0 bridgehead atoms. The fourth-order valence-corrected chi connectivity index (χ4v) is 4.37. The van der Waals surface area contributed by atoms with Gasteiger partial charge in [0, 0.05) is 13.1 Å². The summed E-state index contributed by atoms with van der Waals surface area (Å²) in [5.41, 5.74) is 2.11. The third-order valence-electron chi connectivity index (χ3n) is 5.19. The number of amides is 1. The minimum Gasteiger partial charge on any atom is -0.508 e. The average molecular weight is 410 g/mol. The van der Waals surface area contributed by atoms with Crippen LogP contribution in [0, 0.1) is 5.92 Å². The van der Waals surface area contributed by atoms with Gasteiger partial charge in [0.1, 0.15) is 5.75 Å². The fraction of sp³-hybridized carbons (Fsp3) is 0.333. The predicted octanol–water partition coefficient (Wildman–Crippen LogP) is 2.94. The van der Waals surface area contributed by atoms with Crippen molar-refractivity contribution < 1.29 is 9.90 Å². The highest BCUT2D eigenvalue weighted by Crippen LogP contribution is 2.24. The first-order chi connectivity index (χ1) is 14.2. The van der Waals surface area contributed by atoms with Crippen molar-refractivity contribution in [3.8, 4) is 11.4 Å². The van der Waals surface area contributed by atoms with Crippen LogP contribution in [0.1, 0.15) is 18.4 Å². The van der Waals surface area contributed by atoms with Crippen molar-refractivity contribution in [2.75, 3.05) is 18.8 Å². The molecule has 1 aromatic heterocycles. The van der Waals surface area contributed by atoms with E-state index in [9.17, 15) is 9.90 Å². The van der Waals surface area contributed by atoms with Gasteiger partial charge in [-0.1, -0.05) is 42.1 Å². The molecule has 2 heterocycles. The second-order valence-corrected chi connectivity index (χ2v) is 8.13. The first-order valence-corrected chi connectivity index (χ1v) is 10.7. The normalized spacial score (nSPS) is 14.8. The lowest BCUT2D eigenvalue weighted by molar-refractivity contribution is -0.129. The van der Waals surface area contributed by atoms with Crippen LogP contribution >= 0.6 is 11.8 Å². The first kappa shape index (κ1) is 19.4. The number of hydrogen-bond donors (Lipinski definition) is 1. The van der Waals surface area contributed by atoms with Gasteiger partial charge in [0.25, 0.3) is 0 Å². The maximum absolute atomic E-state index is 12.6. The predicted molar refractivity (Wildman–Crippen MR) is 111 cm³/mol. The van der Waals surface area contributed by atoms with Crippen LogP contribution in [0.25, 0.3) is 5.69 Å². The molecule has 0 spiro atoms. The Labute approximate surface area is 173 Å². The Kier molecular flexibility index (Phi) is 6.09. The summed E-state index contributed by atoms with van der Waals surface area (Å²) in [5, 5.41) is 21.7. The van der Waals surface area contributed by atoms with Crippen LogP contribution in [0.3, 0.4) is 0 Å². The van der Waals surface area contributed by atoms with E-state index in [1.165, 1.54) is 17.3 Å². The summed E-state index contributed by atoms with van der Waals surface area (Å²) in [6, 6.07) is 17.2.